The molecule has 2 nitrogen and oxygen atoms in total. The van der Waals surface area contributed by atoms with Gasteiger partial charge in [0, 0.05) is 16.6 Å². The Morgan fingerprint density at radius 1 is 1.11 bits per heavy atom. The number of alkyl halides is 1. The van der Waals surface area contributed by atoms with Crippen LogP contribution >= 0.6 is 34.8 Å². The van der Waals surface area contributed by atoms with Crippen LogP contribution in [-0.2, 0) is 5.88 Å². The van der Waals surface area contributed by atoms with Gasteiger partial charge >= 0.3 is 0 Å². The Hall–Kier alpha value is -1.22. The van der Waals surface area contributed by atoms with Crippen molar-refractivity contribution in [1.82, 2.24) is 0 Å². The second kappa shape index (κ2) is 6.29. The van der Waals surface area contributed by atoms with Crippen LogP contribution in [0.1, 0.15) is 15.9 Å². The van der Waals surface area contributed by atoms with Gasteiger partial charge in [-0.3, -0.25) is 4.79 Å². The Morgan fingerprint density at radius 3 is 2.53 bits per heavy atom. The Kier molecular flexibility index (Phi) is 4.70. The minimum atomic E-state index is -0.292. The first-order chi connectivity index (χ1) is 9.11. The Morgan fingerprint density at radius 2 is 1.84 bits per heavy atom. The molecule has 0 bridgehead atoms. The second-order valence-corrected chi connectivity index (χ2v) is 4.98. The number of benzene rings is 2. The number of halogens is 3. The fraction of sp³-hybridized carbons (Fsp3) is 0.0714. The number of hydrogen-bond donors (Lipinski definition) is 1. The van der Waals surface area contributed by atoms with Gasteiger partial charge < -0.3 is 5.32 Å². The molecular weight excluding hydrogens is 305 g/mol. The van der Waals surface area contributed by atoms with Gasteiger partial charge in [0.2, 0.25) is 0 Å². The molecule has 0 aliphatic carbocycles. The zero-order chi connectivity index (χ0) is 13.8. The maximum absolute atomic E-state index is 12.1. The van der Waals surface area contributed by atoms with E-state index in [0.717, 1.165) is 5.56 Å². The van der Waals surface area contributed by atoms with Gasteiger partial charge in [-0.2, -0.15) is 0 Å². The van der Waals surface area contributed by atoms with Crippen molar-refractivity contribution >= 4 is 46.4 Å². The normalized spacial score (nSPS) is 10.3. The summed E-state index contributed by atoms with van der Waals surface area (Å²) in [5, 5.41) is 3.59. The molecule has 0 spiro atoms. The summed E-state index contributed by atoms with van der Waals surface area (Å²) in [4.78, 5) is 12.1. The topological polar surface area (TPSA) is 29.1 Å². The first kappa shape index (κ1) is 14.2. The lowest BCUT2D eigenvalue weighted by Crippen LogP contribution is -2.13. The fourth-order valence-electron chi connectivity index (χ4n) is 1.62. The Labute approximate surface area is 126 Å². The molecule has 0 saturated carbocycles. The molecule has 2 aromatic rings. The molecule has 0 saturated heterocycles. The SMILES string of the molecule is O=C(Nc1ccccc1CCl)c1ccc(Cl)cc1Cl. The van der Waals surface area contributed by atoms with E-state index in [0.29, 0.717) is 27.2 Å². The van der Waals surface area contributed by atoms with Crippen LogP contribution < -0.4 is 5.32 Å². The van der Waals surface area contributed by atoms with Crippen molar-refractivity contribution in [2.24, 2.45) is 0 Å². The van der Waals surface area contributed by atoms with E-state index in [9.17, 15) is 4.79 Å². The molecule has 0 aliphatic rings. The van der Waals surface area contributed by atoms with Crippen LogP contribution in [0.3, 0.4) is 0 Å². The van der Waals surface area contributed by atoms with Gasteiger partial charge in [-0.1, -0.05) is 41.4 Å². The van der Waals surface area contributed by atoms with Gasteiger partial charge in [0.25, 0.3) is 5.91 Å². The minimum absolute atomic E-state index is 0.292. The lowest BCUT2D eigenvalue weighted by molar-refractivity contribution is 0.102. The summed E-state index contributed by atoms with van der Waals surface area (Å²) in [6.45, 7) is 0. The van der Waals surface area contributed by atoms with Crippen LogP contribution in [0.2, 0.25) is 10.0 Å². The van der Waals surface area contributed by atoms with Crippen molar-refractivity contribution < 1.29 is 4.79 Å². The van der Waals surface area contributed by atoms with Crippen LogP contribution in [-0.4, -0.2) is 5.91 Å². The summed E-state index contributed by atoms with van der Waals surface area (Å²) < 4.78 is 0. The summed E-state index contributed by atoms with van der Waals surface area (Å²) in [7, 11) is 0. The average Bonchev–Trinajstić information content (AvgIpc) is 2.39. The molecule has 1 N–H and O–H groups in total. The van der Waals surface area contributed by atoms with Crippen molar-refractivity contribution in [3.63, 3.8) is 0 Å². The third-order valence-electron chi connectivity index (χ3n) is 2.59. The van der Waals surface area contributed by atoms with Crippen LogP contribution in [0.25, 0.3) is 0 Å². The average molecular weight is 315 g/mol. The summed E-state index contributed by atoms with van der Waals surface area (Å²) in [6, 6.07) is 12.1. The van der Waals surface area contributed by atoms with Crippen molar-refractivity contribution in [2.45, 2.75) is 5.88 Å². The van der Waals surface area contributed by atoms with E-state index in [4.69, 9.17) is 34.8 Å². The zero-order valence-corrected chi connectivity index (χ0v) is 12.1. The first-order valence-corrected chi connectivity index (χ1v) is 6.81. The lowest BCUT2D eigenvalue weighted by Gasteiger charge is -2.10. The molecule has 0 unspecified atom stereocenters. The summed E-state index contributed by atoms with van der Waals surface area (Å²) in [6.07, 6.45) is 0. The van der Waals surface area contributed by atoms with Crippen molar-refractivity contribution in [3.8, 4) is 0 Å². The van der Waals surface area contributed by atoms with Gasteiger partial charge in [-0.15, -0.1) is 11.6 Å². The molecule has 0 aromatic heterocycles. The molecule has 0 fully saturated rings. The number of nitrogens with one attached hydrogen (secondary N) is 1. The standard InChI is InChI=1S/C14H10Cl3NO/c15-8-9-3-1-2-4-13(9)18-14(19)11-6-5-10(16)7-12(11)17/h1-7H,8H2,(H,18,19). The molecule has 1 amide bonds. The monoisotopic (exact) mass is 313 g/mol. The Bertz CT molecular complexity index is 613. The van der Waals surface area contributed by atoms with Crippen LogP contribution in [0.4, 0.5) is 5.69 Å². The van der Waals surface area contributed by atoms with E-state index in [2.05, 4.69) is 5.32 Å². The highest BCUT2D eigenvalue weighted by Crippen LogP contribution is 2.23. The third kappa shape index (κ3) is 3.41. The van der Waals surface area contributed by atoms with E-state index < -0.39 is 0 Å². The van der Waals surface area contributed by atoms with Gasteiger partial charge in [0.05, 0.1) is 10.6 Å². The summed E-state index contributed by atoms with van der Waals surface area (Å²) in [5.74, 6) is 0.0318. The van der Waals surface area contributed by atoms with Crippen LogP contribution in [0.15, 0.2) is 42.5 Å². The van der Waals surface area contributed by atoms with Crippen molar-refractivity contribution in [2.75, 3.05) is 5.32 Å². The maximum atomic E-state index is 12.1. The molecule has 2 aromatic carbocycles. The van der Waals surface area contributed by atoms with Crippen molar-refractivity contribution in [1.29, 1.82) is 0 Å². The molecule has 0 radical (unpaired) electrons. The molecule has 19 heavy (non-hydrogen) atoms. The molecular formula is C14H10Cl3NO. The van der Waals surface area contributed by atoms with Crippen LogP contribution in [0.5, 0.6) is 0 Å². The number of anilines is 1. The molecule has 0 aliphatic heterocycles. The fourth-order valence-corrected chi connectivity index (χ4v) is 2.35. The predicted molar refractivity (Wildman–Crippen MR) is 80.4 cm³/mol. The zero-order valence-electron chi connectivity index (χ0n) is 9.79. The molecule has 0 heterocycles. The van der Waals surface area contributed by atoms with E-state index in [-0.39, 0.29) is 5.91 Å². The largest absolute Gasteiger partial charge is 0.322 e. The third-order valence-corrected chi connectivity index (χ3v) is 3.42. The number of para-hydroxylation sites is 1. The molecule has 0 atom stereocenters. The second-order valence-electron chi connectivity index (χ2n) is 3.87. The van der Waals surface area contributed by atoms with Gasteiger partial charge in [-0.05, 0) is 29.8 Å². The van der Waals surface area contributed by atoms with Crippen LogP contribution in [0, 0.1) is 0 Å². The number of carbonyl (C=O) groups is 1. The lowest BCUT2D eigenvalue weighted by atomic mass is 10.1. The Balaban J connectivity index is 2.26. The highest BCUT2D eigenvalue weighted by Gasteiger charge is 2.12. The first-order valence-electron chi connectivity index (χ1n) is 5.52. The summed E-state index contributed by atoms with van der Waals surface area (Å²) in [5.41, 5.74) is 1.89. The van der Waals surface area contributed by atoms with E-state index in [1.165, 1.54) is 6.07 Å². The van der Waals surface area contributed by atoms with E-state index in [1.807, 2.05) is 18.2 Å². The number of amides is 1. The highest BCUT2D eigenvalue weighted by atomic mass is 35.5. The van der Waals surface area contributed by atoms with Gasteiger partial charge in [-0.25, -0.2) is 0 Å². The predicted octanol–water partition coefficient (Wildman–Crippen LogP) is 4.98. The highest BCUT2D eigenvalue weighted by molar-refractivity contribution is 6.37. The number of rotatable bonds is 3. The minimum Gasteiger partial charge on any atom is -0.322 e. The number of hydrogen-bond acceptors (Lipinski definition) is 1. The van der Waals surface area contributed by atoms with Gasteiger partial charge in [0.15, 0.2) is 0 Å². The van der Waals surface area contributed by atoms with E-state index in [1.54, 1.807) is 18.2 Å². The quantitative estimate of drug-likeness (QED) is 0.795. The smallest absolute Gasteiger partial charge is 0.257 e. The van der Waals surface area contributed by atoms with Crippen molar-refractivity contribution in [3.05, 3.63) is 63.6 Å². The number of carbonyl (C=O) groups excluding carboxylic acids is 1. The summed E-state index contributed by atoms with van der Waals surface area (Å²) >= 11 is 17.6. The molecule has 98 valence electrons. The molecule has 5 heteroatoms. The molecule has 2 rings (SSSR count). The van der Waals surface area contributed by atoms with Gasteiger partial charge in [0.1, 0.15) is 0 Å². The van der Waals surface area contributed by atoms with E-state index >= 15 is 0 Å². The maximum Gasteiger partial charge on any atom is 0.257 e.